The summed E-state index contributed by atoms with van der Waals surface area (Å²) in [6, 6.07) is 12.7. The molecule has 1 N–H and O–H groups in total. The van der Waals surface area contributed by atoms with E-state index in [1.807, 2.05) is 47.6 Å². The number of aryl methyl sites for hydroxylation is 2. The van der Waals surface area contributed by atoms with Gasteiger partial charge in [0.05, 0.1) is 0 Å². The van der Waals surface area contributed by atoms with E-state index in [0.717, 1.165) is 33.3 Å². The van der Waals surface area contributed by atoms with Crippen molar-refractivity contribution >= 4 is 30.7 Å². The summed E-state index contributed by atoms with van der Waals surface area (Å²) >= 11 is 5.49. The Morgan fingerprint density at radius 3 is 1.97 bits per heavy atom. The van der Waals surface area contributed by atoms with Gasteiger partial charge in [0, 0.05) is 28.2 Å². The fourth-order valence-corrected chi connectivity index (χ4v) is 2.68. The van der Waals surface area contributed by atoms with Crippen LogP contribution in [-0.4, -0.2) is 18.5 Å². The summed E-state index contributed by atoms with van der Waals surface area (Å²) in [7, 11) is 5.77. The number of rotatable bonds is 5. The van der Waals surface area contributed by atoms with Crippen molar-refractivity contribution in [3.05, 3.63) is 81.1 Å². The van der Waals surface area contributed by atoms with Gasteiger partial charge in [-0.2, -0.15) is 0 Å². The highest BCUT2D eigenvalue weighted by atomic mass is 35.5. The first kappa shape index (κ1) is 29.9. The molecule has 0 spiro atoms. The number of halogens is 1. The summed E-state index contributed by atoms with van der Waals surface area (Å²) in [5.41, 5.74) is 7.62. The van der Waals surface area contributed by atoms with Crippen molar-refractivity contribution < 1.29 is 0 Å². The lowest BCUT2D eigenvalue weighted by Gasteiger charge is -2.10. The van der Waals surface area contributed by atoms with E-state index in [1.54, 1.807) is 13.1 Å². The maximum absolute atomic E-state index is 7.68. The normalized spacial score (nSPS) is 11.7. The van der Waals surface area contributed by atoms with Gasteiger partial charge in [0.15, 0.2) is 0 Å². The van der Waals surface area contributed by atoms with Crippen LogP contribution in [0.2, 0.25) is 0 Å². The third-order valence-electron chi connectivity index (χ3n) is 5.21. The molecule has 2 radical (unpaired) electrons. The Morgan fingerprint density at radius 1 is 1.06 bits per heavy atom. The minimum absolute atomic E-state index is 0.472. The molecule has 1 heterocycles. The Kier molecular flexibility index (Phi) is 14.6. The van der Waals surface area contributed by atoms with Crippen LogP contribution in [0.4, 0.5) is 0 Å². The number of nitrogens with one attached hydrogen (secondary N) is 1. The van der Waals surface area contributed by atoms with E-state index in [-0.39, 0.29) is 0 Å². The fraction of sp³-hybridized carbons (Fsp3) is 0.429. The number of hydrogen-bond donors (Lipinski definition) is 1. The van der Waals surface area contributed by atoms with Crippen LogP contribution in [-0.2, 0) is 6.42 Å². The molecule has 32 heavy (non-hydrogen) atoms. The zero-order valence-corrected chi connectivity index (χ0v) is 22.2. The second-order valence-electron chi connectivity index (χ2n) is 8.55. The number of benzene rings is 1. The van der Waals surface area contributed by atoms with Gasteiger partial charge in [-0.1, -0.05) is 74.7 Å². The second kappa shape index (κ2) is 15.6. The molecule has 4 heteroatoms. The van der Waals surface area contributed by atoms with Gasteiger partial charge >= 0.3 is 0 Å². The number of pyridine rings is 1. The highest BCUT2D eigenvalue weighted by Crippen LogP contribution is 2.20. The molecule has 0 aliphatic rings. The second-order valence-corrected chi connectivity index (χ2v) is 9.11. The number of hydrogen-bond acceptors (Lipinski definition) is 2. The van der Waals surface area contributed by atoms with Gasteiger partial charge in [0.2, 0.25) is 0 Å². The molecule has 1 aromatic heterocycles. The van der Waals surface area contributed by atoms with E-state index < -0.39 is 0 Å². The molecular weight excluding hydrogens is 411 g/mol. The van der Waals surface area contributed by atoms with Crippen LogP contribution in [0.3, 0.4) is 0 Å². The van der Waals surface area contributed by atoms with E-state index in [0.29, 0.717) is 11.2 Å². The Balaban J connectivity index is 0.000000496. The van der Waals surface area contributed by atoms with Crippen molar-refractivity contribution in [2.24, 2.45) is 5.92 Å². The third kappa shape index (κ3) is 12.1. The summed E-state index contributed by atoms with van der Waals surface area (Å²) in [6.45, 7) is 17.9. The highest BCUT2D eigenvalue weighted by Gasteiger charge is 2.07. The van der Waals surface area contributed by atoms with Crippen molar-refractivity contribution in [3.63, 3.8) is 0 Å². The van der Waals surface area contributed by atoms with Crippen LogP contribution in [0.25, 0.3) is 5.57 Å². The zero-order valence-electron chi connectivity index (χ0n) is 21.4. The largest absolute Gasteiger partial charge is 0.305 e. The van der Waals surface area contributed by atoms with E-state index in [4.69, 9.17) is 24.9 Å². The van der Waals surface area contributed by atoms with Crippen LogP contribution in [0, 0.1) is 25.2 Å². The Hall–Kier alpha value is -2.13. The average molecular weight is 451 g/mol. The van der Waals surface area contributed by atoms with Crippen molar-refractivity contribution in [3.8, 4) is 0 Å². The van der Waals surface area contributed by atoms with Crippen LogP contribution in [0.15, 0.2) is 58.7 Å². The van der Waals surface area contributed by atoms with Gasteiger partial charge in [0.25, 0.3) is 0 Å². The van der Waals surface area contributed by atoms with Crippen molar-refractivity contribution in [1.82, 2.24) is 4.98 Å². The summed E-state index contributed by atoms with van der Waals surface area (Å²) < 4.78 is 0. The van der Waals surface area contributed by atoms with E-state index in [9.17, 15) is 0 Å². The number of nitrogens with zero attached hydrogens (tertiary/aromatic N) is 1. The molecule has 2 aromatic rings. The first-order chi connectivity index (χ1) is 14.9. The smallest absolute Gasteiger partial charge is 0.108 e. The van der Waals surface area contributed by atoms with E-state index in [2.05, 4.69) is 49.2 Å². The maximum Gasteiger partial charge on any atom is 0.108 e. The molecule has 0 aliphatic heterocycles. The average Bonchev–Trinajstić information content (AvgIpc) is 2.71. The molecule has 0 saturated carbocycles. The molecule has 1 atom stereocenters. The lowest BCUT2D eigenvalue weighted by atomic mass is 9.86. The molecular formula is C28H40BClN2. The van der Waals surface area contributed by atoms with Crippen LogP contribution in [0.1, 0.15) is 77.3 Å². The Bertz CT molecular complexity index is 892. The number of aromatic nitrogens is 1. The third-order valence-corrected chi connectivity index (χ3v) is 5.59. The predicted octanol–water partition coefficient (Wildman–Crippen LogP) is 8.45. The maximum atomic E-state index is 7.68. The molecule has 0 aliphatic carbocycles. The topological polar surface area (TPSA) is 36.7 Å². The van der Waals surface area contributed by atoms with Crippen molar-refractivity contribution in [2.75, 3.05) is 0 Å². The van der Waals surface area contributed by atoms with Crippen LogP contribution in [0.5, 0.6) is 0 Å². The monoisotopic (exact) mass is 450 g/mol. The molecule has 0 fully saturated rings. The van der Waals surface area contributed by atoms with Crippen LogP contribution >= 0.6 is 11.6 Å². The first-order valence-electron chi connectivity index (χ1n) is 11.2. The number of allylic oxidation sites excluding steroid dienone is 4. The minimum Gasteiger partial charge on any atom is -0.305 e. The van der Waals surface area contributed by atoms with Crippen LogP contribution < -0.4 is 0 Å². The van der Waals surface area contributed by atoms with Crippen molar-refractivity contribution in [1.29, 1.82) is 5.41 Å². The summed E-state index contributed by atoms with van der Waals surface area (Å²) in [4.78, 5) is 4.28. The van der Waals surface area contributed by atoms with Gasteiger partial charge in [-0.25, -0.2) is 0 Å². The highest BCUT2D eigenvalue weighted by molar-refractivity contribution is 6.35. The van der Waals surface area contributed by atoms with Crippen molar-refractivity contribution in [2.45, 2.75) is 75.2 Å². The summed E-state index contributed by atoms with van der Waals surface area (Å²) in [5.74, 6) is 0.817. The molecule has 1 unspecified atom stereocenters. The predicted molar refractivity (Wildman–Crippen MR) is 145 cm³/mol. The summed E-state index contributed by atoms with van der Waals surface area (Å²) in [6.07, 6.45) is 4.26. The quantitative estimate of drug-likeness (QED) is 0.360. The molecule has 1 aromatic carbocycles. The fourth-order valence-electron chi connectivity index (χ4n) is 2.68. The lowest BCUT2D eigenvalue weighted by molar-refractivity contribution is 0.560. The van der Waals surface area contributed by atoms with Gasteiger partial charge in [-0.15, -0.1) is 5.47 Å². The van der Waals surface area contributed by atoms with Gasteiger partial charge in [-0.05, 0) is 76.6 Å². The molecule has 0 amide bonds. The van der Waals surface area contributed by atoms with Gasteiger partial charge in [-0.3, -0.25) is 4.98 Å². The molecule has 172 valence electrons. The van der Waals surface area contributed by atoms with E-state index in [1.165, 1.54) is 24.0 Å². The lowest BCUT2D eigenvalue weighted by Crippen LogP contribution is -2.01. The Morgan fingerprint density at radius 2 is 1.59 bits per heavy atom. The molecule has 2 rings (SSSR count). The minimum atomic E-state index is 0.472. The first-order valence-corrected chi connectivity index (χ1v) is 11.6. The molecule has 0 saturated heterocycles. The van der Waals surface area contributed by atoms with Gasteiger partial charge in [0.1, 0.15) is 7.85 Å². The summed E-state index contributed by atoms with van der Waals surface area (Å²) in [5, 5.41) is 8.58. The van der Waals surface area contributed by atoms with E-state index >= 15 is 0 Å². The molecule has 0 bridgehead atoms. The zero-order chi connectivity index (χ0) is 24.8. The SMILES string of the molecule is CC(C)=C(C)Cl.CCC(C)Cc1ccccc1.[B]/C(C)=C(\C(C)=N)c1cnc(C)c(C)c1. The standard InChI is InChI=1S/C12H15BN2.C11H16.C5H9Cl/c1-7-5-11(6-15-10(7)4)12(8(2)13)9(3)14;1-3-10(2)9-11-7-5-4-6-8-11;1-4(2)5(3)6/h5-6,14H,1-4H3;4-8,10H,3,9H2,1-2H3;1-3H3/b12-8+,14-9?;;. The van der Waals surface area contributed by atoms with Gasteiger partial charge < -0.3 is 5.41 Å². The Labute approximate surface area is 203 Å². The molecule has 2 nitrogen and oxygen atoms in total.